The number of amides is 1. The SMILES string of the molecule is CC.CC1C(=N)N2N=CSC2=NC1=O. The van der Waals surface area contributed by atoms with Gasteiger partial charge in [0.15, 0.2) is 5.17 Å². The molecule has 0 radical (unpaired) electrons. The number of nitrogens with zero attached hydrogens (tertiary/aromatic N) is 3. The lowest BCUT2D eigenvalue weighted by Gasteiger charge is -2.22. The van der Waals surface area contributed by atoms with Crippen molar-refractivity contribution in [2.45, 2.75) is 20.8 Å². The van der Waals surface area contributed by atoms with Gasteiger partial charge in [-0.3, -0.25) is 10.2 Å². The second-order valence-corrected chi connectivity index (χ2v) is 3.30. The van der Waals surface area contributed by atoms with E-state index in [2.05, 4.69) is 10.1 Å². The third kappa shape index (κ3) is 1.70. The molecule has 0 aromatic rings. The molecule has 0 bridgehead atoms. The number of aliphatic imine (C=N–C) groups is 1. The van der Waals surface area contributed by atoms with Crippen LogP contribution in [0.4, 0.5) is 0 Å². The number of amidine groups is 2. The van der Waals surface area contributed by atoms with Crippen molar-refractivity contribution < 1.29 is 4.79 Å². The highest BCUT2D eigenvalue weighted by Crippen LogP contribution is 2.23. The molecule has 2 heterocycles. The van der Waals surface area contributed by atoms with Crippen molar-refractivity contribution in [3.8, 4) is 0 Å². The monoisotopic (exact) mass is 212 g/mol. The van der Waals surface area contributed by atoms with Crippen LogP contribution in [0.5, 0.6) is 0 Å². The fraction of sp³-hybridized carbons (Fsp3) is 0.500. The topological polar surface area (TPSA) is 68.9 Å². The number of hydrogen-bond donors (Lipinski definition) is 1. The van der Waals surface area contributed by atoms with E-state index in [-0.39, 0.29) is 11.7 Å². The van der Waals surface area contributed by atoms with Crippen molar-refractivity contribution >= 4 is 34.2 Å². The van der Waals surface area contributed by atoms with Crippen LogP contribution >= 0.6 is 11.8 Å². The summed E-state index contributed by atoms with van der Waals surface area (Å²) in [5.74, 6) is -0.528. The summed E-state index contributed by atoms with van der Waals surface area (Å²) in [4.78, 5) is 14.9. The van der Waals surface area contributed by atoms with Gasteiger partial charge in [0, 0.05) is 0 Å². The summed E-state index contributed by atoms with van der Waals surface area (Å²) >= 11 is 1.26. The largest absolute Gasteiger partial charge is 0.286 e. The average molecular weight is 212 g/mol. The third-order valence-electron chi connectivity index (χ3n) is 1.72. The van der Waals surface area contributed by atoms with Gasteiger partial charge in [0.1, 0.15) is 5.84 Å². The molecule has 0 aromatic heterocycles. The van der Waals surface area contributed by atoms with E-state index in [1.54, 1.807) is 12.5 Å². The number of hydrogen-bond acceptors (Lipinski definition) is 4. The van der Waals surface area contributed by atoms with Crippen molar-refractivity contribution in [2.75, 3.05) is 0 Å². The molecule has 2 rings (SSSR count). The van der Waals surface area contributed by atoms with Crippen LogP contribution in [0.2, 0.25) is 0 Å². The van der Waals surface area contributed by atoms with E-state index >= 15 is 0 Å². The van der Waals surface area contributed by atoms with Gasteiger partial charge in [-0.05, 0) is 18.7 Å². The van der Waals surface area contributed by atoms with Gasteiger partial charge in [-0.25, -0.2) is 0 Å². The minimum absolute atomic E-state index is 0.200. The lowest BCUT2D eigenvalue weighted by Crippen LogP contribution is -2.39. The van der Waals surface area contributed by atoms with Gasteiger partial charge in [0.05, 0.1) is 11.5 Å². The zero-order valence-corrected chi connectivity index (χ0v) is 9.13. The zero-order chi connectivity index (χ0) is 10.7. The molecule has 14 heavy (non-hydrogen) atoms. The molecule has 0 saturated carbocycles. The van der Waals surface area contributed by atoms with Gasteiger partial charge >= 0.3 is 0 Å². The number of nitrogens with one attached hydrogen (secondary N) is 1. The van der Waals surface area contributed by atoms with E-state index in [1.807, 2.05) is 13.8 Å². The predicted molar refractivity (Wildman–Crippen MR) is 58.6 cm³/mol. The highest BCUT2D eigenvalue weighted by atomic mass is 32.2. The zero-order valence-electron chi connectivity index (χ0n) is 8.31. The van der Waals surface area contributed by atoms with Crippen LogP contribution in [-0.4, -0.2) is 27.5 Å². The molecule has 1 atom stereocenters. The Balaban J connectivity index is 0.000000461. The van der Waals surface area contributed by atoms with Crippen LogP contribution in [0.3, 0.4) is 0 Å². The van der Waals surface area contributed by atoms with Crippen molar-refractivity contribution in [1.82, 2.24) is 5.01 Å². The van der Waals surface area contributed by atoms with Gasteiger partial charge in [-0.15, -0.1) is 0 Å². The van der Waals surface area contributed by atoms with E-state index in [4.69, 9.17) is 5.41 Å². The fourth-order valence-corrected chi connectivity index (χ4v) is 1.57. The standard InChI is InChI=1S/C6H6N4OS.C2H6/c1-3-4(7)10-6(9-5(3)11)12-2-8-10;1-2/h2-3,7H,1H3;1-2H3. The molecule has 1 N–H and O–H groups in total. The first kappa shape index (κ1) is 10.9. The Morgan fingerprint density at radius 3 is 2.86 bits per heavy atom. The first-order chi connectivity index (χ1) is 6.70. The van der Waals surface area contributed by atoms with Gasteiger partial charge in [0.2, 0.25) is 0 Å². The van der Waals surface area contributed by atoms with Crippen molar-refractivity contribution in [2.24, 2.45) is 16.0 Å². The average Bonchev–Trinajstić information content (AvgIpc) is 2.65. The molecule has 2 aliphatic rings. The molecule has 0 aliphatic carbocycles. The number of carbonyl (C=O) groups is 1. The molecule has 0 fully saturated rings. The van der Waals surface area contributed by atoms with E-state index < -0.39 is 5.92 Å². The van der Waals surface area contributed by atoms with Crippen LogP contribution < -0.4 is 0 Å². The smallest absolute Gasteiger partial charge is 0.258 e. The summed E-state index contributed by atoms with van der Waals surface area (Å²) in [5, 5.41) is 13.3. The minimum atomic E-state index is -0.468. The van der Waals surface area contributed by atoms with Crippen LogP contribution in [0, 0.1) is 11.3 Å². The fourth-order valence-electron chi connectivity index (χ4n) is 0.948. The molecule has 0 saturated heterocycles. The van der Waals surface area contributed by atoms with Crippen molar-refractivity contribution in [1.29, 1.82) is 5.41 Å². The summed E-state index contributed by atoms with van der Waals surface area (Å²) in [6.45, 7) is 5.66. The van der Waals surface area contributed by atoms with E-state index in [0.717, 1.165) is 0 Å². The highest BCUT2D eigenvalue weighted by molar-refractivity contribution is 8.25. The first-order valence-corrected chi connectivity index (χ1v) is 5.28. The van der Waals surface area contributed by atoms with E-state index in [1.165, 1.54) is 16.8 Å². The molecule has 2 aliphatic heterocycles. The molecular weight excluding hydrogens is 200 g/mol. The minimum Gasteiger partial charge on any atom is -0.286 e. The van der Waals surface area contributed by atoms with Crippen LogP contribution in [0.1, 0.15) is 20.8 Å². The van der Waals surface area contributed by atoms with Crippen molar-refractivity contribution in [3.63, 3.8) is 0 Å². The van der Waals surface area contributed by atoms with Crippen LogP contribution in [0.25, 0.3) is 0 Å². The summed E-state index contributed by atoms with van der Waals surface area (Å²) in [6.07, 6.45) is 0. The quantitative estimate of drug-likeness (QED) is 0.661. The number of fused-ring (bicyclic) bond motifs is 1. The number of hydrazone groups is 1. The highest BCUT2D eigenvalue weighted by Gasteiger charge is 2.33. The van der Waals surface area contributed by atoms with Crippen molar-refractivity contribution in [3.05, 3.63) is 0 Å². The maximum absolute atomic E-state index is 11.1. The normalized spacial score (nSPS) is 24.1. The molecule has 76 valence electrons. The molecule has 0 aromatic carbocycles. The summed E-state index contributed by atoms with van der Waals surface area (Å²) in [7, 11) is 0. The van der Waals surface area contributed by atoms with Crippen LogP contribution in [0.15, 0.2) is 10.1 Å². The molecular formula is C8H12N4OS. The Labute approximate surface area is 86.8 Å². The Morgan fingerprint density at radius 1 is 1.57 bits per heavy atom. The molecule has 1 unspecified atom stereocenters. The first-order valence-electron chi connectivity index (χ1n) is 4.40. The second kappa shape index (κ2) is 4.36. The van der Waals surface area contributed by atoms with Crippen LogP contribution in [-0.2, 0) is 4.79 Å². The molecule has 6 heteroatoms. The molecule has 0 spiro atoms. The Morgan fingerprint density at radius 2 is 2.21 bits per heavy atom. The number of rotatable bonds is 0. The summed E-state index contributed by atoms with van der Waals surface area (Å²) in [6, 6.07) is 0. The lowest BCUT2D eigenvalue weighted by atomic mass is 10.1. The third-order valence-corrected chi connectivity index (χ3v) is 2.39. The van der Waals surface area contributed by atoms with E-state index in [0.29, 0.717) is 5.17 Å². The van der Waals surface area contributed by atoms with Gasteiger partial charge in [-0.2, -0.15) is 15.1 Å². The van der Waals surface area contributed by atoms with Gasteiger partial charge in [0.25, 0.3) is 5.91 Å². The molecule has 1 amide bonds. The number of carbonyl (C=O) groups excluding carboxylic acids is 1. The van der Waals surface area contributed by atoms with Gasteiger partial charge < -0.3 is 0 Å². The second-order valence-electron chi connectivity index (χ2n) is 2.49. The maximum atomic E-state index is 11.1. The maximum Gasteiger partial charge on any atom is 0.258 e. The van der Waals surface area contributed by atoms with Gasteiger partial charge in [-0.1, -0.05) is 13.8 Å². The predicted octanol–water partition coefficient (Wildman–Crippen LogP) is 1.51. The van der Waals surface area contributed by atoms with E-state index in [9.17, 15) is 4.79 Å². The number of thioether (sulfide) groups is 1. The molecule has 5 nitrogen and oxygen atoms in total. The Bertz CT molecular complexity index is 323. The summed E-state index contributed by atoms with van der Waals surface area (Å²) in [5.41, 5.74) is 1.57. The summed E-state index contributed by atoms with van der Waals surface area (Å²) < 4.78 is 0. The Hall–Kier alpha value is -1.17. The Kier molecular flexibility index (Phi) is 3.40. The lowest BCUT2D eigenvalue weighted by molar-refractivity contribution is -0.119.